The first-order chi connectivity index (χ1) is 10.4. The van der Waals surface area contributed by atoms with Crippen molar-refractivity contribution in [1.82, 2.24) is 0 Å². The van der Waals surface area contributed by atoms with Gasteiger partial charge >= 0.3 is 0 Å². The van der Waals surface area contributed by atoms with Gasteiger partial charge in [-0.1, -0.05) is 11.6 Å². The smallest absolute Gasteiger partial charge is 0.261 e. The molecular weight excluding hydrogens is 324 g/mol. The van der Waals surface area contributed by atoms with Crippen LogP contribution in [0.15, 0.2) is 24.3 Å². The summed E-state index contributed by atoms with van der Waals surface area (Å²) in [6, 6.07) is 7.13. The number of nitrogens with zero attached hydrogens (tertiary/aromatic N) is 1. The highest BCUT2D eigenvalue weighted by atomic mass is 35.5. The van der Waals surface area contributed by atoms with Crippen LogP contribution >= 0.6 is 11.6 Å². The lowest BCUT2D eigenvalue weighted by molar-refractivity contribution is 0.101. The summed E-state index contributed by atoms with van der Waals surface area (Å²) in [5, 5.41) is 9.39. The topological polar surface area (TPSA) is 52.9 Å². The van der Waals surface area contributed by atoms with Crippen molar-refractivity contribution in [2.45, 2.75) is 0 Å². The third-order valence-corrected chi connectivity index (χ3v) is 3.04. The summed E-state index contributed by atoms with van der Waals surface area (Å²) in [5.74, 6) is -8.99. The Labute approximate surface area is 126 Å². The van der Waals surface area contributed by atoms with Crippen LogP contribution < -0.4 is 5.32 Å². The Morgan fingerprint density at radius 3 is 2.14 bits per heavy atom. The SMILES string of the molecule is N#Cc1ccc(NC(=O)c2c(F)c(F)c(F)c(Cl)c2F)cc1. The molecule has 0 radical (unpaired) electrons. The molecule has 0 aliphatic heterocycles. The second kappa shape index (κ2) is 6.03. The van der Waals surface area contributed by atoms with Crippen molar-refractivity contribution in [3.05, 3.63) is 63.7 Å². The lowest BCUT2D eigenvalue weighted by atomic mass is 10.1. The minimum Gasteiger partial charge on any atom is -0.322 e. The largest absolute Gasteiger partial charge is 0.322 e. The van der Waals surface area contributed by atoms with Crippen LogP contribution in [0.1, 0.15) is 15.9 Å². The lowest BCUT2D eigenvalue weighted by Crippen LogP contribution is -2.18. The molecular formula is C14H5ClF4N2O. The van der Waals surface area contributed by atoms with E-state index in [0.717, 1.165) is 0 Å². The average Bonchev–Trinajstić information content (AvgIpc) is 2.52. The van der Waals surface area contributed by atoms with Crippen molar-refractivity contribution in [3.8, 4) is 6.07 Å². The van der Waals surface area contributed by atoms with Crippen LogP contribution in [0.25, 0.3) is 0 Å². The molecule has 22 heavy (non-hydrogen) atoms. The molecule has 0 aliphatic carbocycles. The molecule has 0 fully saturated rings. The monoisotopic (exact) mass is 328 g/mol. The molecule has 0 saturated carbocycles. The maximum Gasteiger partial charge on any atom is 0.261 e. The Morgan fingerprint density at radius 1 is 1.00 bits per heavy atom. The molecule has 0 aromatic heterocycles. The summed E-state index contributed by atoms with van der Waals surface area (Å²) in [4.78, 5) is 11.8. The Bertz CT molecular complexity index is 771. The van der Waals surface area contributed by atoms with Crippen LogP contribution in [0, 0.1) is 34.6 Å². The first kappa shape index (κ1) is 15.8. The molecule has 0 unspecified atom stereocenters. The van der Waals surface area contributed by atoms with E-state index in [2.05, 4.69) is 5.32 Å². The van der Waals surface area contributed by atoms with E-state index >= 15 is 0 Å². The van der Waals surface area contributed by atoms with Gasteiger partial charge in [0.05, 0.1) is 11.6 Å². The maximum absolute atomic E-state index is 13.7. The number of carbonyl (C=O) groups is 1. The van der Waals surface area contributed by atoms with E-state index in [0.29, 0.717) is 5.56 Å². The molecule has 3 nitrogen and oxygen atoms in total. The van der Waals surface area contributed by atoms with E-state index in [4.69, 9.17) is 16.9 Å². The molecule has 0 bridgehead atoms. The van der Waals surface area contributed by atoms with Gasteiger partial charge < -0.3 is 5.32 Å². The summed E-state index contributed by atoms with van der Waals surface area (Å²) in [7, 11) is 0. The molecule has 2 rings (SSSR count). The van der Waals surface area contributed by atoms with Gasteiger partial charge in [0.15, 0.2) is 23.3 Å². The number of nitriles is 1. The van der Waals surface area contributed by atoms with Crippen LogP contribution in [-0.4, -0.2) is 5.91 Å². The zero-order valence-electron chi connectivity index (χ0n) is 10.6. The highest BCUT2D eigenvalue weighted by Crippen LogP contribution is 2.28. The highest BCUT2D eigenvalue weighted by molar-refractivity contribution is 6.31. The van der Waals surface area contributed by atoms with Gasteiger partial charge in [-0.2, -0.15) is 5.26 Å². The number of nitrogens with one attached hydrogen (secondary N) is 1. The molecule has 0 saturated heterocycles. The van der Waals surface area contributed by atoms with Crippen molar-refractivity contribution < 1.29 is 22.4 Å². The van der Waals surface area contributed by atoms with Crippen LogP contribution in [0.2, 0.25) is 5.02 Å². The third kappa shape index (κ3) is 2.73. The third-order valence-electron chi connectivity index (χ3n) is 2.71. The quantitative estimate of drug-likeness (QED) is 0.514. The van der Waals surface area contributed by atoms with Crippen LogP contribution in [0.3, 0.4) is 0 Å². The molecule has 1 amide bonds. The maximum atomic E-state index is 13.7. The Morgan fingerprint density at radius 2 is 1.59 bits per heavy atom. The molecule has 112 valence electrons. The minimum atomic E-state index is -2.05. The summed E-state index contributed by atoms with van der Waals surface area (Å²) in [6.07, 6.45) is 0. The number of anilines is 1. The van der Waals surface area contributed by atoms with E-state index in [1.807, 2.05) is 6.07 Å². The number of carbonyl (C=O) groups excluding carboxylic acids is 1. The summed E-state index contributed by atoms with van der Waals surface area (Å²) >= 11 is 5.17. The predicted molar refractivity (Wildman–Crippen MR) is 70.4 cm³/mol. The highest BCUT2D eigenvalue weighted by Gasteiger charge is 2.28. The molecule has 0 heterocycles. The van der Waals surface area contributed by atoms with E-state index in [1.165, 1.54) is 24.3 Å². The van der Waals surface area contributed by atoms with E-state index < -0.39 is 39.8 Å². The Hall–Kier alpha value is -2.59. The van der Waals surface area contributed by atoms with Crippen molar-refractivity contribution in [3.63, 3.8) is 0 Å². The second-order valence-electron chi connectivity index (χ2n) is 4.09. The Kier molecular flexibility index (Phi) is 4.33. The first-order valence-electron chi connectivity index (χ1n) is 5.69. The number of benzene rings is 2. The second-order valence-corrected chi connectivity index (χ2v) is 4.47. The standard InChI is InChI=1S/C14H5ClF4N2O/c15-9-10(16)8(11(17)13(19)12(9)18)14(22)21-7-3-1-6(5-20)2-4-7/h1-4H,(H,21,22). The summed E-state index contributed by atoms with van der Waals surface area (Å²) in [6.45, 7) is 0. The zero-order valence-corrected chi connectivity index (χ0v) is 11.3. The Balaban J connectivity index is 2.40. The predicted octanol–water partition coefficient (Wildman–Crippen LogP) is 4.02. The number of amides is 1. The first-order valence-corrected chi connectivity index (χ1v) is 6.07. The van der Waals surface area contributed by atoms with Crippen LogP contribution in [0.5, 0.6) is 0 Å². The van der Waals surface area contributed by atoms with Gasteiger partial charge in [-0.15, -0.1) is 0 Å². The van der Waals surface area contributed by atoms with Gasteiger partial charge in [-0.3, -0.25) is 4.79 Å². The van der Waals surface area contributed by atoms with Gasteiger partial charge in [-0.25, -0.2) is 17.6 Å². The van der Waals surface area contributed by atoms with E-state index in [-0.39, 0.29) is 5.69 Å². The molecule has 2 aromatic carbocycles. The van der Waals surface area contributed by atoms with E-state index in [1.54, 1.807) is 0 Å². The van der Waals surface area contributed by atoms with Gasteiger partial charge in [0.1, 0.15) is 10.6 Å². The molecule has 1 N–H and O–H groups in total. The fourth-order valence-electron chi connectivity index (χ4n) is 1.63. The van der Waals surface area contributed by atoms with Crippen LogP contribution in [-0.2, 0) is 0 Å². The summed E-state index contributed by atoms with van der Waals surface area (Å²) in [5.41, 5.74) is -0.942. The molecule has 0 aliphatic rings. The van der Waals surface area contributed by atoms with Gasteiger partial charge in [0.2, 0.25) is 0 Å². The normalized spacial score (nSPS) is 10.2. The van der Waals surface area contributed by atoms with Gasteiger partial charge in [-0.05, 0) is 24.3 Å². The average molecular weight is 329 g/mol. The number of hydrogen-bond donors (Lipinski definition) is 1. The van der Waals surface area contributed by atoms with Gasteiger partial charge in [0, 0.05) is 5.69 Å². The number of hydrogen-bond acceptors (Lipinski definition) is 2. The molecule has 0 spiro atoms. The minimum absolute atomic E-state index is 0.101. The lowest BCUT2D eigenvalue weighted by Gasteiger charge is -2.09. The molecule has 8 heteroatoms. The molecule has 0 atom stereocenters. The van der Waals surface area contributed by atoms with Crippen molar-refractivity contribution in [2.24, 2.45) is 0 Å². The zero-order chi connectivity index (χ0) is 16.4. The number of rotatable bonds is 2. The number of halogens is 5. The van der Waals surface area contributed by atoms with Crippen LogP contribution in [0.4, 0.5) is 23.2 Å². The van der Waals surface area contributed by atoms with Crippen molar-refractivity contribution in [2.75, 3.05) is 5.32 Å². The van der Waals surface area contributed by atoms with Crippen molar-refractivity contribution in [1.29, 1.82) is 5.26 Å². The van der Waals surface area contributed by atoms with E-state index in [9.17, 15) is 22.4 Å². The fraction of sp³-hybridized carbons (Fsp3) is 0. The molecule has 2 aromatic rings. The fourth-order valence-corrected chi connectivity index (χ4v) is 1.80. The van der Waals surface area contributed by atoms with Crippen molar-refractivity contribution >= 4 is 23.2 Å². The summed E-state index contributed by atoms with van der Waals surface area (Å²) < 4.78 is 53.5. The van der Waals surface area contributed by atoms with Gasteiger partial charge in [0.25, 0.3) is 5.91 Å².